The van der Waals surface area contributed by atoms with Gasteiger partial charge in [0.1, 0.15) is 6.10 Å². The number of hydrogen-bond acceptors (Lipinski definition) is 6. The van der Waals surface area contributed by atoms with E-state index in [4.69, 9.17) is 23.7 Å². The number of hydrogen-bond donors (Lipinski definition) is 1. The molecule has 41 heavy (non-hydrogen) atoms. The molecule has 0 aromatic carbocycles. The molecule has 232 valence electrons. The van der Waals surface area contributed by atoms with E-state index in [1.807, 2.05) is 7.11 Å². The summed E-state index contributed by atoms with van der Waals surface area (Å²) in [5, 5.41) is 10.2. The lowest BCUT2D eigenvalue weighted by Crippen LogP contribution is -2.55. The predicted octanol–water partition coefficient (Wildman–Crippen LogP) is 6.47. The van der Waals surface area contributed by atoms with Crippen molar-refractivity contribution in [3.63, 3.8) is 0 Å². The molecule has 8 aliphatic rings. The molecule has 8 rings (SSSR count). The van der Waals surface area contributed by atoms with Crippen LogP contribution >= 0.6 is 0 Å². The van der Waals surface area contributed by atoms with Crippen molar-refractivity contribution in [3.05, 3.63) is 0 Å². The molecule has 2 bridgehead atoms. The van der Waals surface area contributed by atoms with Crippen LogP contribution < -0.4 is 0 Å². The monoisotopic (exact) mass is 572 g/mol. The van der Waals surface area contributed by atoms with Crippen molar-refractivity contribution in [2.75, 3.05) is 13.7 Å². The van der Waals surface area contributed by atoms with Gasteiger partial charge in [0.15, 0.2) is 12.1 Å². The minimum absolute atomic E-state index is 0.0162. The summed E-state index contributed by atoms with van der Waals surface area (Å²) in [6.07, 6.45) is 12.3. The van der Waals surface area contributed by atoms with E-state index < -0.39 is 5.79 Å². The van der Waals surface area contributed by atoms with Crippen molar-refractivity contribution in [3.8, 4) is 0 Å². The molecular formula is C35H56O6. The van der Waals surface area contributed by atoms with Gasteiger partial charge in [-0.2, -0.15) is 0 Å². The summed E-state index contributed by atoms with van der Waals surface area (Å²) < 4.78 is 32.7. The molecule has 5 aliphatic carbocycles. The van der Waals surface area contributed by atoms with Crippen molar-refractivity contribution in [1.29, 1.82) is 0 Å². The van der Waals surface area contributed by atoms with Gasteiger partial charge in [-0.25, -0.2) is 0 Å². The average Bonchev–Trinajstić information content (AvgIpc) is 3.16. The first-order valence-corrected chi connectivity index (χ1v) is 17.2. The van der Waals surface area contributed by atoms with Crippen molar-refractivity contribution in [2.24, 2.45) is 51.2 Å². The third-order valence-corrected chi connectivity index (χ3v) is 15.7. The lowest BCUT2D eigenvalue weighted by Gasteiger charge is -2.59. The van der Waals surface area contributed by atoms with E-state index in [1.54, 1.807) is 0 Å². The highest BCUT2D eigenvalue weighted by Gasteiger charge is 2.86. The Hall–Kier alpha value is -0.240. The van der Waals surface area contributed by atoms with E-state index >= 15 is 0 Å². The molecule has 5 saturated carbocycles. The molecule has 0 aromatic heterocycles. The van der Waals surface area contributed by atoms with Crippen molar-refractivity contribution in [2.45, 2.75) is 154 Å². The second-order valence-corrected chi connectivity index (χ2v) is 17.3. The van der Waals surface area contributed by atoms with E-state index in [9.17, 15) is 5.11 Å². The number of methoxy groups -OCH3 is 1. The maximum atomic E-state index is 10.2. The van der Waals surface area contributed by atoms with Crippen LogP contribution in [0.15, 0.2) is 0 Å². The highest BCUT2D eigenvalue weighted by atomic mass is 16.8. The summed E-state index contributed by atoms with van der Waals surface area (Å²) in [6, 6.07) is 0. The Morgan fingerprint density at radius 1 is 0.854 bits per heavy atom. The Labute approximate surface area is 247 Å². The van der Waals surface area contributed by atoms with Crippen LogP contribution in [-0.2, 0) is 23.7 Å². The van der Waals surface area contributed by atoms with Crippen molar-refractivity contribution < 1.29 is 28.8 Å². The maximum Gasteiger partial charge on any atom is 0.173 e. The first kappa shape index (κ1) is 28.2. The second kappa shape index (κ2) is 8.72. The number of rotatable bonds is 4. The maximum absolute atomic E-state index is 10.2. The van der Waals surface area contributed by atoms with E-state index in [2.05, 4.69) is 41.5 Å². The van der Waals surface area contributed by atoms with Gasteiger partial charge in [-0.15, -0.1) is 0 Å². The van der Waals surface area contributed by atoms with Crippen LogP contribution in [0, 0.1) is 51.2 Å². The third kappa shape index (κ3) is 3.37. The van der Waals surface area contributed by atoms with Gasteiger partial charge in [0.25, 0.3) is 0 Å². The van der Waals surface area contributed by atoms with E-state index in [1.165, 1.54) is 38.5 Å². The van der Waals surface area contributed by atoms with Gasteiger partial charge in [-0.05, 0) is 117 Å². The Morgan fingerprint density at radius 3 is 2.39 bits per heavy atom. The van der Waals surface area contributed by atoms with Crippen LogP contribution in [0.1, 0.15) is 112 Å². The van der Waals surface area contributed by atoms with Crippen LogP contribution in [0.5, 0.6) is 0 Å². The molecule has 3 saturated heterocycles. The number of ether oxygens (including phenoxy) is 5. The van der Waals surface area contributed by atoms with Crippen LogP contribution in [0.25, 0.3) is 0 Å². The molecule has 0 aromatic rings. The van der Waals surface area contributed by atoms with Gasteiger partial charge in [-0.1, -0.05) is 27.7 Å². The normalized spacial score (nSPS) is 58.5. The first-order valence-electron chi connectivity index (χ1n) is 17.2. The fourth-order valence-electron chi connectivity index (χ4n) is 13.7. The van der Waals surface area contributed by atoms with Gasteiger partial charge in [0.2, 0.25) is 0 Å². The second-order valence-electron chi connectivity index (χ2n) is 17.3. The topological polar surface area (TPSA) is 66.4 Å². The van der Waals surface area contributed by atoms with Gasteiger partial charge in [0.05, 0.1) is 30.5 Å². The molecule has 1 N–H and O–H groups in total. The summed E-state index contributed by atoms with van der Waals surface area (Å²) in [5.74, 6) is 3.02. The Balaban J connectivity index is 1.07. The quantitative estimate of drug-likeness (QED) is 0.390. The van der Waals surface area contributed by atoms with Crippen LogP contribution in [0.2, 0.25) is 0 Å². The van der Waals surface area contributed by atoms with Gasteiger partial charge >= 0.3 is 0 Å². The largest absolute Gasteiger partial charge is 0.393 e. The zero-order chi connectivity index (χ0) is 28.8. The molecular weight excluding hydrogens is 516 g/mol. The number of fused-ring (bicyclic) bond motifs is 4. The SMILES string of the molecule is COC(C)(C)C1OC23CC4C5CCC6C(C)(C)C(OC7CC(O)CCO7)CCC67[C@@H](C)C57CCC4(C)C2CCC1O3. The molecule has 6 heteroatoms. The molecule has 3 heterocycles. The van der Waals surface area contributed by atoms with E-state index in [0.717, 1.165) is 37.5 Å². The van der Waals surface area contributed by atoms with Crippen LogP contribution in [-0.4, -0.2) is 60.9 Å². The van der Waals surface area contributed by atoms with Gasteiger partial charge in [0, 0.05) is 25.9 Å². The minimum Gasteiger partial charge on any atom is -0.393 e. The third-order valence-electron chi connectivity index (χ3n) is 15.7. The standard InChI is InChI=1S/C35H56O6/c1-20-33-16-15-32(6)23(19-35-26(32)11-9-24(40-35)29(41-35)31(4,5)37-7)22(33)8-10-25-30(2,3)27(12-14-34(20,25)33)39-28-18-21(36)13-17-38-28/h20-29,36H,8-19H2,1-7H3/t20-,21?,22?,23?,24?,25?,26?,27?,28?,29?,32?,33?,34?,35?/m0/s1. The summed E-state index contributed by atoms with van der Waals surface area (Å²) >= 11 is 0. The minimum atomic E-state index is -0.411. The Morgan fingerprint density at radius 2 is 1.63 bits per heavy atom. The summed E-state index contributed by atoms with van der Waals surface area (Å²) in [7, 11) is 1.82. The highest BCUT2D eigenvalue weighted by Crippen LogP contribution is 2.90. The summed E-state index contributed by atoms with van der Waals surface area (Å²) in [4.78, 5) is 0. The van der Waals surface area contributed by atoms with E-state index in [0.29, 0.717) is 47.0 Å². The van der Waals surface area contributed by atoms with E-state index in [-0.39, 0.29) is 41.7 Å². The number of aliphatic hydroxyl groups excluding tert-OH is 1. The molecule has 3 spiro atoms. The zero-order valence-electron chi connectivity index (χ0n) is 26.7. The fraction of sp³-hybridized carbons (Fsp3) is 1.00. The smallest absolute Gasteiger partial charge is 0.173 e. The van der Waals surface area contributed by atoms with Crippen LogP contribution in [0.4, 0.5) is 0 Å². The lowest BCUT2D eigenvalue weighted by molar-refractivity contribution is -0.248. The molecule has 14 atom stereocenters. The Kier molecular flexibility index (Phi) is 6.01. The van der Waals surface area contributed by atoms with Crippen molar-refractivity contribution in [1.82, 2.24) is 0 Å². The Bertz CT molecular complexity index is 1070. The highest BCUT2D eigenvalue weighted by molar-refractivity contribution is 5.33. The van der Waals surface area contributed by atoms with Gasteiger partial charge in [-0.3, -0.25) is 0 Å². The molecule has 13 unspecified atom stereocenters. The first-order chi connectivity index (χ1) is 19.4. The summed E-state index contributed by atoms with van der Waals surface area (Å²) in [6.45, 7) is 15.2. The molecule has 0 amide bonds. The molecule has 6 nitrogen and oxygen atoms in total. The fourth-order valence-corrected chi connectivity index (χ4v) is 13.7. The average molecular weight is 573 g/mol. The zero-order valence-corrected chi connectivity index (χ0v) is 26.7. The molecule has 8 fully saturated rings. The lowest BCUT2D eigenvalue weighted by atomic mass is 9.46. The molecule has 0 radical (unpaired) electrons. The summed E-state index contributed by atoms with van der Waals surface area (Å²) in [5.41, 5.74) is 0.990. The molecule has 3 aliphatic heterocycles. The van der Waals surface area contributed by atoms with Crippen LogP contribution in [0.3, 0.4) is 0 Å². The van der Waals surface area contributed by atoms with Gasteiger partial charge < -0.3 is 28.8 Å². The van der Waals surface area contributed by atoms with Crippen molar-refractivity contribution >= 4 is 0 Å². The predicted molar refractivity (Wildman–Crippen MR) is 155 cm³/mol. The number of aliphatic hydroxyl groups is 1.